The SMILES string of the molecule is Cc1ccc(NCCCc2ccccc2)c(N=Nc2nc3cc(S(=O)(=O)O)ccc3s2)c1. The fraction of sp³-hybridized carbons (Fsp3) is 0.174. The molecule has 0 bridgehead atoms. The lowest BCUT2D eigenvalue weighted by molar-refractivity contribution is 0.483. The van der Waals surface area contributed by atoms with Crippen molar-refractivity contribution in [2.24, 2.45) is 10.2 Å². The zero-order valence-electron chi connectivity index (χ0n) is 17.4. The highest BCUT2D eigenvalue weighted by Gasteiger charge is 2.12. The summed E-state index contributed by atoms with van der Waals surface area (Å²) in [5.41, 5.74) is 4.43. The highest BCUT2D eigenvalue weighted by molar-refractivity contribution is 7.85. The Morgan fingerprint density at radius 2 is 1.84 bits per heavy atom. The number of aryl methyl sites for hydroxylation is 2. The van der Waals surface area contributed by atoms with Crippen molar-refractivity contribution in [3.8, 4) is 0 Å². The van der Waals surface area contributed by atoms with Crippen LogP contribution in [0.15, 0.2) is 81.9 Å². The molecule has 1 aromatic heterocycles. The lowest BCUT2D eigenvalue weighted by atomic mass is 10.1. The summed E-state index contributed by atoms with van der Waals surface area (Å²) in [6.45, 7) is 2.80. The minimum absolute atomic E-state index is 0.195. The Morgan fingerprint density at radius 3 is 2.62 bits per heavy atom. The van der Waals surface area contributed by atoms with Crippen LogP contribution >= 0.6 is 11.3 Å². The summed E-state index contributed by atoms with van der Waals surface area (Å²) in [4.78, 5) is 4.13. The topological polar surface area (TPSA) is 104 Å². The molecule has 0 radical (unpaired) electrons. The summed E-state index contributed by atoms with van der Waals surface area (Å²) >= 11 is 1.30. The van der Waals surface area contributed by atoms with E-state index in [2.05, 4.69) is 32.7 Å². The van der Waals surface area contributed by atoms with Crippen molar-refractivity contribution < 1.29 is 13.0 Å². The van der Waals surface area contributed by atoms with E-state index in [0.717, 1.165) is 35.3 Å². The minimum atomic E-state index is -4.28. The number of hydrogen-bond acceptors (Lipinski definition) is 7. The van der Waals surface area contributed by atoms with Gasteiger partial charge in [-0.3, -0.25) is 4.55 Å². The second-order valence-corrected chi connectivity index (χ2v) is 9.77. The van der Waals surface area contributed by atoms with Gasteiger partial charge in [0.15, 0.2) is 0 Å². The molecule has 0 spiro atoms. The summed E-state index contributed by atoms with van der Waals surface area (Å²) in [6, 6.07) is 20.6. The maximum atomic E-state index is 11.3. The lowest BCUT2D eigenvalue weighted by Gasteiger charge is -2.09. The van der Waals surface area contributed by atoms with Crippen LogP contribution in [0.3, 0.4) is 0 Å². The van der Waals surface area contributed by atoms with Crippen molar-refractivity contribution in [2.75, 3.05) is 11.9 Å². The molecular formula is C23H22N4O3S2. The number of azo groups is 1. The summed E-state index contributed by atoms with van der Waals surface area (Å²) < 4.78 is 32.6. The molecule has 0 aliphatic carbocycles. The first kappa shape index (κ1) is 22.1. The van der Waals surface area contributed by atoms with Crippen LogP contribution in [0.25, 0.3) is 10.2 Å². The van der Waals surface area contributed by atoms with Crippen LogP contribution in [0.5, 0.6) is 0 Å². The molecule has 0 aliphatic rings. The Balaban J connectivity index is 1.48. The summed E-state index contributed by atoms with van der Waals surface area (Å²) in [5.74, 6) is 0. The third-order valence-corrected chi connectivity index (χ3v) is 6.61. The molecule has 0 saturated carbocycles. The molecule has 164 valence electrons. The van der Waals surface area contributed by atoms with Gasteiger partial charge in [0.1, 0.15) is 5.69 Å². The minimum Gasteiger partial charge on any atom is -0.383 e. The Kier molecular flexibility index (Phi) is 6.59. The van der Waals surface area contributed by atoms with Crippen LogP contribution in [-0.2, 0) is 16.5 Å². The zero-order chi connectivity index (χ0) is 22.6. The van der Waals surface area contributed by atoms with Crippen LogP contribution < -0.4 is 5.32 Å². The van der Waals surface area contributed by atoms with E-state index in [1.807, 2.05) is 43.3 Å². The van der Waals surface area contributed by atoms with Gasteiger partial charge in [-0.1, -0.05) is 47.7 Å². The molecule has 0 aliphatic heterocycles. The van der Waals surface area contributed by atoms with E-state index in [0.29, 0.717) is 16.3 Å². The number of nitrogens with zero attached hydrogens (tertiary/aromatic N) is 3. The third kappa shape index (κ3) is 5.56. The maximum absolute atomic E-state index is 11.3. The van der Waals surface area contributed by atoms with Crippen LogP contribution in [0, 0.1) is 6.92 Å². The number of benzene rings is 3. The van der Waals surface area contributed by atoms with Gasteiger partial charge in [0.05, 0.1) is 20.8 Å². The molecule has 2 N–H and O–H groups in total. The van der Waals surface area contributed by atoms with Gasteiger partial charge in [0.2, 0.25) is 5.13 Å². The van der Waals surface area contributed by atoms with E-state index in [1.54, 1.807) is 6.07 Å². The molecule has 1 heterocycles. The summed E-state index contributed by atoms with van der Waals surface area (Å²) in [7, 11) is -4.28. The number of fused-ring (bicyclic) bond motifs is 1. The lowest BCUT2D eigenvalue weighted by Crippen LogP contribution is -2.03. The molecule has 9 heteroatoms. The van der Waals surface area contributed by atoms with E-state index in [4.69, 9.17) is 0 Å². The second kappa shape index (κ2) is 9.56. The van der Waals surface area contributed by atoms with E-state index in [-0.39, 0.29) is 4.90 Å². The summed E-state index contributed by atoms with van der Waals surface area (Å²) in [6.07, 6.45) is 1.98. The number of nitrogens with one attached hydrogen (secondary N) is 1. The van der Waals surface area contributed by atoms with Crippen LogP contribution in [0.4, 0.5) is 16.5 Å². The largest absolute Gasteiger partial charge is 0.383 e. The molecule has 32 heavy (non-hydrogen) atoms. The predicted octanol–water partition coefficient (Wildman–Crippen LogP) is 6.31. The molecule has 4 rings (SSSR count). The Labute approximate surface area is 190 Å². The predicted molar refractivity (Wildman–Crippen MR) is 128 cm³/mol. The van der Waals surface area contributed by atoms with E-state index in [1.165, 1.54) is 29.0 Å². The molecule has 3 aromatic carbocycles. The standard InChI is InChI=1S/C23H22N4O3S2/c1-16-9-11-19(24-13-5-8-17-6-3-2-4-7-17)20(14-16)26-27-23-25-21-15-18(32(28,29)30)10-12-22(21)31-23/h2-4,6-7,9-12,14-15,24H,5,8,13H2,1H3,(H,28,29,30). The van der Waals surface area contributed by atoms with Gasteiger partial charge in [0, 0.05) is 6.54 Å². The molecule has 0 saturated heterocycles. The highest BCUT2D eigenvalue weighted by atomic mass is 32.2. The first-order chi connectivity index (χ1) is 15.4. The van der Waals surface area contributed by atoms with Gasteiger partial charge in [-0.2, -0.15) is 8.42 Å². The Morgan fingerprint density at radius 1 is 1.03 bits per heavy atom. The normalized spacial score (nSPS) is 11.9. The fourth-order valence-corrected chi connectivity index (χ4v) is 4.50. The average Bonchev–Trinajstić information content (AvgIpc) is 3.18. The maximum Gasteiger partial charge on any atom is 0.294 e. The summed E-state index contributed by atoms with van der Waals surface area (Å²) in [5, 5.41) is 12.5. The van der Waals surface area contributed by atoms with Crippen LogP contribution in [-0.4, -0.2) is 24.5 Å². The smallest absolute Gasteiger partial charge is 0.294 e. The number of hydrogen-bond donors (Lipinski definition) is 2. The first-order valence-electron chi connectivity index (χ1n) is 10.1. The van der Waals surface area contributed by atoms with Crippen LogP contribution in [0.1, 0.15) is 17.5 Å². The van der Waals surface area contributed by atoms with Gasteiger partial charge in [0.25, 0.3) is 10.1 Å². The van der Waals surface area contributed by atoms with Crippen molar-refractivity contribution in [2.45, 2.75) is 24.7 Å². The van der Waals surface area contributed by atoms with Gasteiger partial charge in [-0.15, -0.1) is 10.2 Å². The van der Waals surface area contributed by atoms with E-state index < -0.39 is 10.1 Å². The quantitative estimate of drug-likeness (QED) is 0.180. The number of thiazole rings is 1. The Hall–Kier alpha value is -3.14. The highest BCUT2D eigenvalue weighted by Crippen LogP contribution is 2.33. The van der Waals surface area contributed by atoms with Crippen molar-refractivity contribution >= 4 is 48.2 Å². The van der Waals surface area contributed by atoms with Crippen molar-refractivity contribution in [1.29, 1.82) is 0 Å². The monoisotopic (exact) mass is 466 g/mol. The number of aromatic nitrogens is 1. The molecule has 0 amide bonds. The van der Waals surface area contributed by atoms with Gasteiger partial charge in [-0.05, 0) is 61.2 Å². The molecule has 4 aromatic rings. The Bertz CT molecular complexity index is 1370. The van der Waals surface area contributed by atoms with Crippen molar-refractivity contribution in [3.63, 3.8) is 0 Å². The van der Waals surface area contributed by atoms with Gasteiger partial charge in [-0.25, -0.2) is 4.98 Å². The third-order valence-electron chi connectivity index (χ3n) is 4.84. The van der Waals surface area contributed by atoms with Crippen molar-refractivity contribution in [1.82, 2.24) is 4.98 Å². The fourth-order valence-electron chi connectivity index (χ4n) is 3.23. The average molecular weight is 467 g/mol. The number of rotatable bonds is 8. The van der Waals surface area contributed by atoms with E-state index in [9.17, 15) is 13.0 Å². The molecule has 7 nitrogen and oxygen atoms in total. The van der Waals surface area contributed by atoms with Crippen molar-refractivity contribution in [3.05, 3.63) is 77.9 Å². The molecule has 0 fully saturated rings. The second-order valence-electron chi connectivity index (χ2n) is 7.34. The van der Waals surface area contributed by atoms with Gasteiger partial charge < -0.3 is 5.32 Å². The van der Waals surface area contributed by atoms with Crippen LogP contribution in [0.2, 0.25) is 0 Å². The van der Waals surface area contributed by atoms with Gasteiger partial charge >= 0.3 is 0 Å². The number of anilines is 1. The molecule has 0 unspecified atom stereocenters. The molecule has 0 atom stereocenters. The molecular weight excluding hydrogens is 444 g/mol. The first-order valence-corrected chi connectivity index (χ1v) is 12.3. The zero-order valence-corrected chi connectivity index (χ0v) is 19.0. The van der Waals surface area contributed by atoms with E-state index >= 15 is 0 Å².